The van der Waals surface area contributed by atoms with Crippen molar-refractivity contribution in [3.63, 3.8) is 0 Å². The Morgan fingerprint density at radius 2 is 1.62 bits per heavy atom. The third kappa shape index (κ3) is 5.86. The molecule has 1 atom stereocenters. The Balaban J connectivity index is 3.91. The number of rotatable bonds is 9. The minimum Gasteiger partial charge on any atom is -0.396 e. The van der Waals surface area contributed by atoms with E-state index in [0.29, 0.717) is 12.6 Å². The number of aliphatic hydroxyl groups is 1. The van der Waals surface area contributed by atoms with Crippen LogP contribution in [0.15, 0.2) is 0 Å². The first-order chi connectivity index (χ1) is 7.49. The summed E-state index contributed by atoms with van der Waals surface area (Å²) in [7, 11) is 0. The zero-order valence-electron chi connectivity index (χ0n) is 11.8. The number of hydrogen-bond acceptors (Lipinski definition) is 2. The van der Waals surface area contributed by atoms with Crippen LogP contribution in [0, 0.1) is 11.3 Å². The topological polar surface area (TPSA) is 32.3 Å². The average Bonchev–Trinajstić information content (AvgIpc) is 2.29. The summed E-state index contributed by atoms with van der Waals surface area (Å²) in [5, 5.41) is 13.0. The first-order valence-corrected chi connectivity index (χ1v) is 6.84. The molecule has 2 nitrogen and oxygen atoms in total. The second kappa shape index (κ2) is 8.08. The van der Waals surface area contributed by atoms with E-state index in [9.17, 15) is 5.11 Å². The molecule has 0 radical (unpaired) electrons. The van der Waals surface area contributed by atoms with E-state index >= 15 is 0 Å². The van der Waals surface area contributed by atoms with Crippen molar-refractivity contribution in [2.24, 2.45) is 11.3 Å². The molecule has 0 heterocycles. The fourth-order valence-corrected chi connectivity index (χ4v) is 1.86. The van der Waals surface area contributed by atoms with Gasteiger partial charge in [-0.2, -0.15) is 0 Å². The predicted molar refractivity (Wildman–Crippen MR) is 71.6 cm³/mol. The van der Waals surface area contributed by atoms with E-state index < -0.39 is 0 Å². The molecule has 0 amide bonds. The van der Waals surface area contributed by atoms with Crippen LogP contribution in [0.2, 0.25) is 0 Å². The maximum atomic E-state index is 9.47. The van der Waals surface area contributed by atoms with Crippen molar-refractivity contribution < 1.29 is 5.11 Å². The fourth-order valence-electron chi connectivity index (χ4n) is 1.86. The van der Waals surface area contributed by atoms with Gasteiger partial charge in [-0.1, -0.05) is 27.7 Å². The molecule has 0 aliphatic rings. The highest BCUT2D eigenvalue weighted by Crippen LogP contribution is 2.24. The van der Waals surface area contributed by atoms with Crippen LogP contribution in [0.3, 0.4) is 0 Å². The Labute approximate surface area is 102 Å². The van der Waals surface area contributed by atoms with Crippen molar-refractivity contribution >= 4 is 0 Å². The van der Waals surface area contributed by atoms with Gasteiger partial charge in [-0.25, -0.2) is 0 Å². The SMILES string of the molecule is CCC(CC)(CO)CNC(C)CCC(C)C. The molecule has 16 heavy (non-hydrogen) atoms. The van der Waals surface area contributed by atoms with Gasteiger partial charge in [0.2, 0.25) is 0 Å². The molecule has 0 aromatic heterocycles. The monoisotopic (exact) mass is 229 g/mol. The zero-order chi connectivity index (χ0) is 12.6. The Kier molecular flexibility index (Phi) is 8.04. The van der Waals surface area contributed by atoms with E-state index in [0.717, 1.165) is 25.3 Å². The highest BCUT2D eigenvalue weighted by Gasteiger charge is 2.25. The molecular weight excluding hydrogens is 198 g/mol. The highest BCUT2D eigenvalue weighted by molar-refractivity contribution is 4.79. The maximum absolute atomic E-state index is 9.47. The second-order valence-corrected chi connectivity index (χ2v) is 5.62. The van der Waals surface area contributed by atoms with Gasteiger partial charge in [0.1, 0.15) is 0 Å². The van der Waals surface area contributed by atoms with Gasteiger partial charge >= 0.3 is 0 Å². The number of aliphatic hydroxyl groups excluding tert-OH is 1. The summed E-state index contributed by atoms with van der Waals surface area (Å²) >= 11 is 0. The molecule has 98 valence electrons. The van der Waals surface area contributed by atoms with Gasteiger partial charge in [-0.3, -0.25) is 0 Å². The lowest BCUT2D eigenvalue weighted by Gasteiger charge is -2.31. The van der Waals surface area contributed by atoms with E-state index in [-0.39, 0.29) is 5.41 Å². The van der Waals surface area contributed by atoms with Crippen molar-refractivity contribution in [2.45, 2.75) is 66.3 Å². The predicted octanol–water partition coefficient (Wildman–Crippen LogP) is 3.20. The molecule has 0 aliphatic heterocycles. The normalized spacial score (nSPS) is 14.4. The van der Waals surface area contributed by atoms with Gasteiger partial charge in [0, 0.05) is 24.6 Å². The Bertz CT molecular complexity index is 156. The molecule has 0 aromatic rings. The molecule has 0 spiro atoms. The molecule has 0 rings (SSSR count). The molecule has 0 aliphatic carbocycles. The van der Waals surface area contributed by atoms with Gasteiger partial charge < -0.3 is 10.4 Å². The van der Waals surface area contributed by atoms with Gasteiger partial charge in [0.25, 0.3) is 0 Å². The molecule has 0 bridgehead atoms. The molecule has 0 saturated carbocycles. The molecular formula is C14H31NO. The van der Waals surface area contributed by atoms with Crippen LogP contribution >= 0.6 is 0 Å². The van der Waals surface area contributed by atoms with E-state index in [1.165, 1.54) is 12.8 Å². The van der Waals surface area contributed by atoms with Crippen LogP contribution in [0.1, 0.15) is 60.3 Å². The summed E-state index contributed by atoms with van der Waals surface area (Å²) in [5.74, 6) is 0.782. The third-order valence-electron chi connectivity index (χ3n) is 3.84. The Morgan fingerprint density at radius 1 is 1.06 bits per heavy atom. The Morgan fingerprint density at radius 3 is 2.00 bits per heavy atom. The second-order valence-electron chi connectivity index (χ2n) is 5.62. The van der Waals surface area contributed by atoms with Crippen LogP contribution in [0.4, 0.5) is 0 Å². The van der Waals surface area contributed by atoms with Crippen LogP contribution in [-0.2, 0) is 0 Å². The molecule has 2 heteroatoms. The van der Waals surface area contributed by atoms with E-state index in [1.54, 1.807) is 0 Å². The van der Waals surface area contributed by atoms with Crippen molar-refractivity contribution in [3.05, 3.63) is 0 Å². The summed E-state index contributed by atoms with van der Waals surface area (Å²) in [6.07, 6.45) is 4.60. The van der Waals surface area contributed by atoms with Crippen LogP contribution in [0.25, 0.3) is 0 Å². The molecule has 0 fully saturated rings. The summed E-state index contributed by atoms with van der Waals surface area (Å²) in [6, 6.07) is 0.562. The zero-order valence-corrected chi connectivity index (χ0v) is 11.8. The summed E-state index contributed by atoms with van der Waals surface area (Å²) in [6.45, 7) is 12.3. The van der Waals surface area contributed by atoms with Crippen molar-refractivity contribution in [2.75, 3.05) is 13.2 Å². The van der Waals surface area contributed by atoms with E-state index in [4.69, 9.17) is 0 Å². The lowest BCUT2D eigenvalue weighted by Crippen LogP contribution is -2.40. The lowest BCUT2D eigenvalue weighted by molar-refractivity contribution is 0.110. The van der Waals surface area contributed by atoms with Crippen molar-refractivity contribution in [1.29, 1.82) is 0 Å². The van der Waals surface area contributed by atoms with Crippen LogP contribution in [-0.4, -0.2) is 24.3 Å². The first-order valence-electron chi connectivity index (χ1n) is 6.84. The molecule has 0 aromatic carbocycles. The quantitative estimate of drug-likeness (QED) is 0.636. The minimum absolute atomic E-state index is 0.0894. The van der Waals surface area contributed by atoms with Gasteiger partial charge in [0.05, 0.1) is 0 Å². The summed E-state index contributed by atoms with van der Waals surface area (Å²) < 4.78 is 0. The van der Waals surface area contributed by atoms with E-state index in [1.807, 2.05) is 0 Å². The van der Waals surface area contributed by atoms with Gasteiger partial charge in [-0.05, 0) is 38.5 Å². The maximum Gasteiger partial charge on any atom is 0.0499 e. The smallest absolute Gasteiger partial charge is 0.0499 e. The summed E-state index contributed by atoms with van der Waals surface area (Å²) in [4.78, 5) is 0. The standard InChI is InChI=1S/C14H31NO/c1-6-14(7-2,11-16)10-15-13(5)9-8-12(3)4/h12-13,15-16H,6-11H2,1-5H3. The van der Waals surface area contributed by atoms with Crippen LogP contribution < -0.4 is 5.32 Å². The minimum atomic E-state index is 0.0894. The molecule has 2 N–H and O–H groups in total. The largest absolute Gasteiger partial charge is 0.396 e. The lowest BCUT2D eigenvalue weighted by atomic mass is 9.83. The van der Waals surface area contributed by atoms with Gasteiger partial charge in [-0.15, -0.1) is 0 Å². The molecule has 0 saturated heterocycles. The Hall–Kier alpha value is -0.0800. The van der Waals surface area contributed by atoms with Crippen molar-refractivity contribution in [1.82, 2.24) is 5.32 Å². The van der Waals surface area contributed by atoms with Crippen molar-refractivity contribution in [3.8, 4) is 0 Å². The highest BCUT2D eigenvalue weighted by atomic mass is 16.3. The number of nitrogens with one attached hydrogen (secondary N) is 1. The molecule has 1 unspecified atom stereocenters. The summed E-state index contributed by atoms with van der Waals surface area (Å²) in [5.41, 5.74) is 0.0894. The number of hydrogen-bond donors (Lipinski definition) is 2. The third-order valence-corrected chi connectivity index (χ3v) is 3.84. The van der Waals surface area contributed by atoms with Crippen LogP contribution in [0.5, 0.6) is 0 Å². The first kappa shape index (κ1) is 15.9. The fraction of sp³-hybridized carbons (Fsp3) is 1.00. The average molecular weight is 229 g/mol. The van der Waals surface area contributed by atoms with E-state index in [2.05, 4.69) is 39.9 Å². The van der Waals surface area contributed by atoms with Gasteiger partial charge in [0.15, 0.2) is 0 Å².